The first-order valence-corrected chi connectivity index (χ1v) is 10.8. The Morgan fingerprint density at radius 3 is 2.50 bits per heavy atom. The van der Waals surface area contributed by atoms with Crippen molar-refractivity contribution < 1.29 is 18.7 Å². The van der Waals surface area contributed by atoms with Crippen molar-refractivity contribution in [3.8, 4) is 11.8 Å². The molecule has 180 valence electrons. The van der Waals surface area contributed by atoms with E-state index in [-0.39, 0.29) is 30.7 Å². The number of carbonyl (C=O) groups excluding carboxylic acids is 2. The van der Waals surface area contributed by atoms with Crippen LogP contribution in [0, 0.1) is 30.0 Å². The molecule has 0 spiro atoms. The fraction of sp³-hybridized carbons (Fsp3) is 0.320. The molecule has 9 heteroatoms. The first-order valence-electron chi connectivity index (χ1n) is 10.8. The molecule has 34 heavy (non-hydrogen) atoms. The second kappa shape index (κ2) is 12.3. The fourth-order valence-electron chi connectivity index (χ4n) is 2.99. The van der Waals surface area contributed by atoms with Gasteiger partial charge in [0.25, 0.3) is 0 Å². The number of ether oxygens (including phenoxy) is 1. The van der Waals surface area contributed by atoms with Crippen LogP contribution in [0.4, 0.5) is 20.6 Å². The third kappa shape index (κ3) is 7.52. The lowest BCUT2D eigenvalue weighted by molar-refractivity contribution is -0.144. The summed E-state index contributed by atoms with van der Waals surface area (Å²) in [6, 6.07) is 8.95. The van der Waals surface area contributed by atoms with Gasteiger partial charge in [-0.3, -0.25) is 10.2 Å². The number of amidine groups is 1. The number of anilines is 2. The Bertz CT molecular complexity index is 1100. The Kier molecular flexibility index (Phi) is 9.44. The van der Waals surface area contributed by atoms with E-state index in [0.29, 0.717) is 23.2 Å². The van der Waals surface area contributed by atoms with Gasteiger partial charge in [-0.15, -0.1) is 0 Å². The van der Waals surface area contributed by atoms with Gasteiger partial charge in [-0.1, -0.05) is 11.8 Å². The Hall–Kier alpha value is -4.06. The molecule has 0 radical (unpaired) electrons. The molecule has 0 atom stereocenters. The van der Waals surface area contributed by atoms with E-state index in [4.69, 9.17) is 15.9 Å². The molecule has 0 unspecified atom stereocenters. The van der Waals surface area contributed by atoms with Crippen LogP contribution in [0.1, 0.15) is 37.5 Å². The molecule has 0 fully saturated rings. The number of esters is 1. The van der Waals surface area contributed by atoms with E-state index in [1.807, 2.05) is 0 Å². The number of nitrogens with zero attached hydrogens (tertiary/aromatic N) is 1. The topological polar surface area (TPSA) is 121 Å². The SMILES string of the molecule is CCOC(=O)CN(C(=O)Nc1cc(C)c(C#CCNc2ccc(C(=N)N)cc2)cc1F)C(C)C. The van der Waals surface area contributed by atoms with Gasteiger partial charge in [0.1, 0.15) is 18.2 Å². The average Bonchev–Trinajstić information content (AvgIpc) is 2.78. The fourth-order valence-corrected chi connectivity index (χ4v) is 2.99. The number of nitrogen functional groups attached to an aromatic ring is 1. The lowest BCUT2D eigenvalue weighted by Crippen LogP contribution is -2.43. The molecule has 0 bridgehead atoms. The summed E-state index contributed by atoms with van der Waals surface area (Å²) < 4.78 is 19.6. The Labute approximate surface area is 199 Å². The highest BCUT2D eigenvalue weighted by Gasteiger charge is 2.22. The van der Waals surface area contributed by atoms with Gasteiger partial charge < -0.3 is 26.0 Å². The van der Waals surface area contributed by atoms with E-state index >= 15 is 0 Å². The molecular formula is C25H30FN5O3. The van der Waals surface area contributed by atoms with Crippen LogP contribution in [0.15, 0.2) is 36.4 Å². The van der Waals surface area contributed by atoms with Gasteiger partial charge in [-0.25, -0.2) is 9.18 Å². The van der Waals surface area contributed by atoms with E-state index in [1.54, 1.807) is 52.0 Å². The maximum Gasteiger partial charge on any atom is 0.325 e. The first-order chi connectivity index (χ1) is 16.1. The first kappa shape index (κ1) is 26.2. The smallest absolute Gasteiger partial charge is 0.325 e. The van der Waals surface area contributed by atoms with Crippen molar-refractivity contribution in [2.45, 2.75) is 33.7 Å². The largest absolute Gasteiger partial charge is 0.465 e. The van der Waals surface area contributed by atoms with Crippen molar-refractivity contribution in [2.75, 3.05) is 30.3 Å². The molecule has 0 aliphatic rings. The zero-order valence-electron chi connectivity index (χ0n) is 19.8. The van der Waals surface area contributed by atoms with Crippen molar-refractivity contribution in [1.29, 1.82) is 5.41 Å². The van der Waals surface area contributed by atoms with Crippen LogP contribution in [-0.4, -0.2) is 48.5 Å². The minimum Gasteiger partial charge on any atom is -0.465 e. The van der Waals surface area contributed by atoms with Gasteiger partial charge in [-0.2, -0.15) is 0 Å². The van der Waals surface area contributed by atoms with Crippen molar-refractivity contribution in [1.82, 2.24) is 4.90 Å². The minimum atomic E-state index is -0.629. The monoisotopic (exact) mass is 467 g/mol. The summed E-state index contributed by atoms with van der Waals surface area (Å²) in [5.74, 6) is 4.71. The van der Waals surface area contributed by atoms with E-state index in [1.165, 1.54) is 17.0 Å². The predicted molar refractivity (Wildman–Crippen MR) is 131 cm³/mol. The summed E-state index contributed by atoms with van der Waals surface area (Å²) >= 11 is 0. The normalized spacial score (nSPS) is 10.2. The van der Waals surface area contributed by atoms with Crippen LogP contribution in [0.3, 0.4) is 0 Å². The minimum absolute atomic E-state index is 0.000562. The molecule has 2 amide bonds. The summed E-state index contributed by atoms with van der Waals surface area (Å²) in [6.45, 7) is 7.28. The summed E-state index contributed by atoms with van der Waals surface area (Å²) in [5.41, 5.74) is 8.08. The van der Waals surface area contributed by atoms with Crippen molar-refractivity contribution in [3.05, 3.63) is 58.9 Å². The highest BCUT2D eigenvalue weighted by molar-refractivity contribution is 5.95. The van der Waals surface area contributed by atoms with Crippen LogP contribution < -0.4 is 16.4 Å². The number of nitrogens with one attached hydrogen (secondary N) is 3. The Balaban J connectivity index is 2.04. The maximum absolute atomic E-state index is 14.7. The van der Waals surface area contributed by atoms with Gasteiger partial charge in [0.05, 0.1) is 18.8 Å². The number of aryl methyl sites for hydroxylation is 1. The molecule has 0 heterocycles. The molecule has 0 saturated carbocycles. The van der Waals surface area contributed by atoms with E-state index in [2.05, 4.69) is 22.5 Å². The average molecular weight is 468 g/mol. The second-order valence-electron chi connectivity index (χ2n) is 7.75. The Morgan fingerprint density at radius 1 is 1.24 bits per heavy atom. The number of nitrogens with two attached hydrogens (primary N) is 1. The number of urea groups is 1. The van der Waals surface area contributed by atoms with Gasteiger partial charge in [-0.05, 0) is 69.7 Å². The summed E-state index contributed by atoms with van der Waals surface area (Å²) in [6.07, 6.45) is 0. The number of rotatable bonds is 8. The van der Waals surface area contributed by atoms with Gasteiger partial charge >= 0.3 is 12.0 Å². The van der Waals surface area contributed by atoms with Crippen LogP contribution in [0.5, 0.6) is 0 Å². The molecule has 8 nitrogen and oxygen atoms in total. The lowest BCUT2D eigenvalue weighted by Gasteiger charge is -2.26. The zero-order valence-corrected chi connectivity index (χ0v) is 19.8. The number of carbonyl (C=O) groups is 2. The van der Waals surface area contributed by atoms with Gasteiger partial charge in [0, 0.05) is 22.9 Å². The lowest BCUT2D eigenvalue weighted by atomic mass is 10.1. The van der Waals surface area contributed by atoms with E-state index in [0.717, 1.165) is 5.69 Å². The number of amides is 2. The maximum atomic E-state index is 14.7. The molecule has 2 aromatic rings. The molecule has 0 aromatic heterocycles. The molecule has 0 saturated heterocycles. The van der Waals surface area contributed by atoms with Crippen molar-refractivity contribution >= 4 is 29.2 Å². The predicted octanol–water partition coefficient (Wildman–Crippen LogP) is 3.69. The third-order valence-electron chi connectivity index (χ3n) is 4.84. The van der Waals surface area contributed by atoms with Crippen LogP contribution in [0.2, 0.25) is 0 Å². The molecule has 0 aliphatic carbocycles. The highest BCUT2D eigenvalue weighted by Crippen LogP contribution is 2.20. The van der Waals surface area contributed by atoms with Gasteiger partial charge in [0.2, 0.25) is 0 Å². The quantitative estimate of drug-likeness (QED) is 0.204. The number of hydrogen-bond donors (Lipinski definition) is 4. The van der Waals surface area contributed by atoms with Gasteiger partial charge in [0.15, 0.2) is 0 Å². The van der Waals surface area contributed by atoms with Crippen molar-refractivity contribution in [3.63, 3.8) is 0 Å². The highest BCUT2D eigenvalue weighted by atomic mass is 19.1. The third-order valence-corrected chi connectivity index (χ3v) is 4.84. The van der Waals surface area contributed by atoms with E-state index in [9.17, 15) is 14.0 Å². The standard InChI is InChI=1S/C25H30FN5O3/c1-5-34-23(32)15-31(16(2)3)25(33)30-22-13-17(4)19(14-21(22)26)7-6-12-29-20-10-8-18(9-11-20)24(27)28/h8-11,13-14,16,29H,5,12,15H2,1-4H3,(H3,27,28)(H,30,33). The van der Waals surface area contributed by atoms with Crippen LogP contribution >= 0.6 is 0 Å². The molecule has 2 aromatic carbocycles. The number of halogens is 1. The van der Waals surface area contributed by atoms with Crippen molar-refractivity contribution in [2.24, 2.45) is 5.73 Å². The summed E-state index contributed by atoms with van der Waals surface area (Å²) in [7, 11) is 0. The molecule has 5 N–H and O–H groups in total. The van der Waals surface area contributed by atoms with E-state index < -0.39 is 17.8 Å². The van der Waals surface area contributed by atoms with Crippen LogP contribution in [-0.2, 0) is 9.53 Å². The zero-order chi connectivity index (χ0) is 25.3. The number of benzene rings is 2. The number of hydrogen-bond acceptors (Lipinski definition) is 5. The summed E-state index contributed by atoms with van der Waals surface area (Å²) in [5, 5.41) is 13.1. The second-order valence-corrected chi connectivity index (χ2v) is 7.75. The molecule has 0 aliphatic heterocycles. The molecule has 2 rings (SSSR count). The summed E-state index contributed by atoms with van der Waals surface area (Å²) in [4.78, 5) is 25.7. The Morgan fingerprint density at radius 2 is 1.91 bits per heavy atom. The molecular weight excluding hydrogens is 437 g/mol. The van der Waals surface area contributed by atoms with Crippen LogP contribution in [0.25, 0.3) is 0 Å².